The molecular formula is C15H26O7. The predicted molar refractivity (Wildman–Crippen MR) is 76.9 cm³/mol. The minimum Gasteiger partial charge on any atom is -0.396 e. The number of aliphatic hydroxyl groups is 5. The molecule has 0 bridgehead atoms. The number of hydrogen-bond donors (Lipinski definition) is 5. The Balaban J connectivity index is 1.76. The van der Waals surface area contributed by atoms with Gasteiger partial charge in [-0.15, -0.1) is 0 Å². The molecule has 0 aromatic heterocycles. The average Bonchev–Trinajstić information content (AvgIpc) is 3.25. The third kappa shape index (κ3) is 4.48. The highest BCUT2D eigenvalue weighted by Gasteiger charge is 2.46. The number of aliphatic hydroxyl groups excluding tert-OH is 5. The maximum Gasteiger partial charge on any atom is 0.187 e. The second kappa shape index (κ2) is 8.35. The zero-order valence-corrected chi connectivity index (χ0v) is 12.5. The van der Waals surface area contributed by atoms with Crippen LogP contribution >= 0.6 is 0 Å². The van der Waals surface area contributed by atoms with Crippen LogP contribution in [0.2, 0.25) is 0 Å². The van der Waals surface area contributed by atoms with Crippen molar-refractivity contribution in [3.63, 3.8) is 0 Å². The Kier molecular flexibility index (Phi) is 6.76. The molecule has 0 aromatic carbocycles. The van der Waals surface area contributed by atoms with Crippen molar-refractivity contribution in [2.24, 2.45) is 0 Å². The van der Waals surface area contributed by atoms with Gasteiger partial charge in [0.1, 0.15) is 24.4 Å². The van der Waals surface area contributed by atoms with Crippen LogP contribution in [0.4, 0.5) is 0 Å². The highest BCUT2D eigenvalue weighted by Crippen LogP contribution is 2.36. The van der Waals surface area contributed by atoms with E-state index in [0.717, 1.165) is 37.7 Å². The van der Waals surface area contributed by atoms with Crippen LogP contribution in [0.5, 0.6) is 0 Å². The van der Waals surface area contributed by atoms with Gasteiger partial charge in [0.05, 0.1) is 12.7 Å². The summed E-state index contributed by atoms with van der Waals surface area (Å²) in [5.74, 6) is 0. The lowest BCUT2D eigenvalue weighted by atomic mass is 9.99. The highest BCUT2D eigenvalue weighted by molar-refractivity contribution is 5.26. The summed E-state index contributed by atoms with van der Waals surface area (Å²) in [5.41, 5.74) is 1.13. The predicted octanol–water partition coefficient (Wildman–Crippen LogP) is -0.946. The van der Waals surface area contributed by atoms with E-state index in [1.165, 1.54) is 0 Å². The lowest BCUT2D eigenvalue weighted by Crippen LogP contribution is -2.59. The van der Waals surface area contributed by atoms with Crippen molar-refractivity contribution >= 4 is 0 Å². The molecule has 0 spiro atoms. The van der Waals surface area contributed by atoms with Crippen LogP contribution in [0, 0.1) is 0 Å². The number of rotatable bonds is 8. The summed E-state index contributed by atoms with van der Waals surface area (Å²) < 4.78 is 10.9. The largest absolute Gasteiger partial charge is 0.396 e. The van der Waals surface area contributed by atoms with E-state index in [0.29, 0.717) is 0 Å². The van der Waals surface area contributed by atoms with Gasteiger partial charge < -0.3 is 35.0 Å². The molecule has 0 unspecified atom stereocenters. The fraction of sp³-hybridized carbons (Fsp3) is 0.867. The van der Waals surface area contributed by atoms with Crippen molar-refractivity contribution in [1.29, 1.82) is 0 Å². The summed E-state index contributed by atoms with van der Waals surface area (Å²) in [6, 6.07) is 0. The summed E-state index contributed by atoms with van der Waals surface area (Å²) in [4.78, 5) is 0. The Labute approximate surface area is 129 Å². The Hall–Kier alpha value is -0.540. The molecule has 0 radical (unpaired) electrons. The van der Waals surface area contributed by atoms with E-state index in [4.69, 9.17) is 19.7 Å². The van der Waals surface area contributed by atoms with E-state index < -0.39 is 37.3 Å². The van der Waals surface area contributed by atoms with Gasteiger partial charge in [-0.05, 0) is 24.8 Å². The lowest BCUT2D eigenvalue weighted by Gasteiger charge is -2.39. The Bertz CT molecular complexity index is 371. The molecule has 1 saturated carbocycles. The Morgan fingerprint density at radius 2 is 1.82 bits per heavy atom. The molecule has 5 N–H and O–H groups in total. The minimum absolute atomic E-state index is 0.140. The zero-order chi connectivity index (χ0) is 16.1. The van der Waals surface area contributed by atoms with E-state index in [9.17, 15) is 15.3 Å². The van der Waals surface area contributed by atoms with E-state index in [1.807, 2.05) is 0 Å². The lowest BCUT2D eigenvalue weighted by molar-refractivity contribution is -0.302. The second-order valence-electron chi connectivity index (χ2n) is 5.88. The van der Waals surface area contributed by atoms with Gasteiger partial charge in [-0.25, -0.2) is 0 Å². The number of unbranched alkanes of at least 4 members (excludes halogenated alkanes) is 3. The molecule has 7 heteroatoms. The van der Waals surface area contributed by atoms with E-state index in [2.05, 4.69) is 6.08 Å². The van der Waals surface area contributed by atoms with Crippen LogP contribution in [0.1, 0.15) is 32.1 Å². The molecular weight excluding hydrogens is 292 g/mol. The monoisotopic (exact) mass is 318 g/mol. The number of hydrogen-bond acceptors (Lipinski definition) is 7. The molecule has 128 valence electrons. The van der Waals surface area contributed by atoms with E-state index in [1.54, 1.807) is 0 Å². The van der Waals surface area contributed by atoms with Crippen molar-refractivity contribution in [1.82, 2.24) is 0 Å². The van der Waals surface area contributed by atoms with Gasteiger partial charge in [-0.3, -0.25) is 0 Å². The molecule has 1 aliphatic carbocycles. The fourth-order valence-corrected chi connectivity index (χ4v) is 2.57. The molecule has 2 fully saturated rings. The molecule has 1 saturated heterocycles. The molecule has 2 rings (SSSR count). The van der Waals surface area contributed by atoms with Crippen LogP contribution in [0.25, 0.3) is 0 Å². The standard InChI is InChI=1S/C15H26O7/c16-6-4-2-1-3-5-9-7-10(9)21-15-14(20)13(19)12(18)11(8-17)22-15/h5,10-20H,1-4,6-8H2/b9-5+/t10-,11-,12-,13+,14-,15-/m1/s1. The zero-order valence-electron chi connectivity index (χ0n) is 12.5. The summed E-state index contributed by atoms with van der Waals surface area (Å²) in [5, 5.41) is 47.0. The smallest absolute Gasteiger partial charge is 0.187 e. The molecule has 1 heterocycles. The fourth-order valence-electron chi connectivity index (χ4n) is 2.57. The first kappa shape index (κ1) is 17.8. The second-order valence-corrected chi connectivity index (χ2v) is 5.88. The quantitative estimate of drug-likeness (QED) is 0.289. The van der Waals surface area contributed by atoms with E-state index in [-0.39, 0.29) is 12.7 Å². The third-order valence-electron chi connectivity index (χ3n) is 4.09. The molecule has 0 amide bonds. The van der Waals surface area contributed by atoms with Crippen LogP contribution < -0.4 is 0 Å². The van der Waals surface area contributed by atoms with Gasteiger partial charge in [0.2, 0.25) is 0 Å². The molecule has 1 aliphatic heterocycles. The van der Waals surface area contributed by atoms with Crippen molar-refractivity contribution in [3.8, 4) is 0 Å². The van der Waals surface area contributed by atoms with E-state index >= 15 is 0 Å². The number of ether oxygens (including phenoxy) is 2. The van der Waals surface area contributed by atoms with Crippen molar-refractivity contribution in [2.75, 3.05) is 13.2 Å². The van der Waals surface area contributed by atoms with Gasteiger partial charge in [0.25, 0.3) is 0 Å². The van der Waals surface area contributed by atoms with Crippen LogP contribution in [-0.2, 0) is 9.47 Å². The SMILES string of the molecule is OCCCCC/C=C1\C[C@H]1O[C@@H]1O[C@H](CO)[C@@H](O)[C@H](O)[C@H]1O. The third-order valence-corrected chi connectivity index (χ3v) is 4.09. The van der Waals surface area contributed by atoms with Crippen molar-refractivity contribution < 1.29 is 35.0 Å². The molecule has 7 nitrogen and oxygen atoms in total. The summed E-state index contributed by atoms with van der Waals surface area (Å²) in [6.07, 6.45) is 0.340. The maximum atomic E-state index is 9.87. The Morgan fingerprint density at radius 3 is 2.50 bits per heavy atom. The molecule has 6 atom stereocenters. The topological polar surface area (TPSA) is 120 Å². The minimum atomic E-state index is -1.40. The van der Waals surface area contributed by atoms with Crippen molar-refractivity contribution in [2.45, 2.75) is 68.9 Å². The van der Waals surface area contributed by atoms with Gasteiger partial charge >= 0.3 is 0 Å². The van der Waals surface area contributed by atoms with Gasteiger partial charge in [0.15, 0.2) is 6.29 Å². The van der Waals surface area contributed by atoms with Gasteiger partial charge in [-0.2, -0.15) is 0 Å². The first-order valence-electron chi connectivity index (χ1n) is 7.84. The van der Waals surface area contributed by atoms with Gasteiger partial charge in [-0.1, -0.05) is 12.5 Å². The normalized spacial score (nSPS) is 40.1. The highest BCUT2D eigenvalue weighted by atomic mass is 16.7. The molecule has 2 aliphatic rings. The van der Waals surface area contributed by atoms with Crippen molar-refractivity contribution in [3.05, 3.63) is 11.6 Å². The van der Waals surface area contributed by atoms with Gasteiger partial charge in [0, 0.05) is 13.0 Å². The average molecular weight is 318 g/mol. The summed E-state index contributed by atoms with van der Waals surface area (Å²) >= 11 is 0. The summed E-state index contributed by atoms with van der Waals surface area (Å²) in [7, 11) is 0. The van der Waals surface area contributed by atoms with Crippen LogP contribution in [0.15, 0.2) is 11.6 Å². The first-order valence-corrected chi connectivity index (χ1v) is 7.84. The first-order chi connectivity index (χ1) is 10.6. The molecule has 0 aromatic rings. The van der Waals surface area contributed by atoms with Crippen LogP contribution in [-0.4, -0.2) is 75.6 Å². The molecule has 22 heavy (non-hydrogen) atoms. The Morgan fingerprint density at radius 1 is 1.05 bits per heavy atom. The van der Waals surface area contributed by atoms with Crippen LogP contribution in [0.3, 0.4) is 0 Å². The number of allylic oxidation sites excluding steroid dienone is 1. The summed E-state index contributed by atoms with van der Waals surface area (Å²) in [6.45, 7) is -0.234. The maximum absolute atomic E-state index is 9.87.